The third-order valence-electron chi connectivity index (χ3n) is 4.40. The molecule has 0 spiro atoms. The Balaban J connectivity index is 1.35. The minimum absolute atomic E-state index is 0.0330. The standard InChI is InChI=1S/C19H19N5O2/c25-19(16-3-1-15(2-4-16)11-23-10-8-21-14-23)24-9-6-17(12-24)26-18-5-7-20-13-22-18/h1-5,7-8,10,13-14,17H,6,9,11-12H2. The number of benzene rings is 1. The van der Waals surface area contributed by atoms with Crippen LogP contribution in [0.25, 0.3) is 0 Å². The molecule has 0 bridgehead atoms. The maximum absolute atomic E-state index is 12.7. The first-order valence-corrected chi connectivity index (χ1v) is 8.54. The van der Waals surface area contributed by atoms with Gasteiger partial charge in [-0.05, 0) is 17.7 Å². The largest absolute Gasteiger partial charge is 0.472 e. The topological polar surface area (TPSA) is 73.1 Å². The number of imidazole rings is 1. The van der Waals surface area contributed by atoms with Crippen LogP contribution in [0.4, 0.5) is 0 Å². The zero-order chi connectivity index (χ0) is 17.8. The van der Waals surface area contributed by atoms with Crippen molar-refractivity contribution in [2.45, 2.75) is 19.1 Å². The van der Waals surface area contributed by atoms with Crippen LogP contribution >= 0.6 is 0 Å². The fraction of sp³-hybridized carbons (Fsp3) is 0.263. The predicted molar refractivity (Wildman–Crippen MR) is 94.7 cm³/mol. The molecule has 0 saturated carbocycles. The first-order valence-electron chi connectivity index (χ1n) is 8.54. The van der Waals surface area contributed by atoms with Crippen LogP contribution in [-0.4, -0.2) is 49.5 Å². The molecule has 0 radical (unpaired) electrons. The van der Waals surface area contributed by atoms with Gasteiger partial charge in [-0.25, -0.2) is 15.0 Å². The Bertz CT molecular complexity index is 849. The normalized spacial score (nSPS) is 16.6. The number of hydrogen-bond acceptors (Lipinski definition) is 5. The summed E-state index contributed by atoms with van der Waals surface area (Å²) in [5.41, 5.74) is 1.83. The highest BCUT2D eigenvalue weighted by molar-refractivity contribution is 5.94. The quantitative estimate of drug-likeness (QED) is 0.704. The molecule has 1 saturated heterocycles. The maximum atomic E-state index is 12.7. The number of hydrogen-bond donors (Lipinski definition) is 0. The molecule has 4 rings (SSSR count). The van der Waals surface area contributed by atoms with Crippen LogP contribution in [0.15, 0.2) is 61.6 Å². The first kappa shape index (κ1) is 16.3. The van der Waals surface area contributed by atoms with Gasteiger partial charge in [0.05, 0.1) is 12.9 Å². The van der Waals surface area contributed by atoms with E-state index in [1.807, 2.05) is 39.9 Å². The van der Waals surface area contributed by atoms with Crippen molar-refractivity contribution >= 4 is 5.91 Å². The summed E-state index contributed by atoms with van der Waals surface area (Å²) in [7, 11) is 0. The van der Waals surface area contributed by atoms with Crippen molar-refractivity contribution in [2.75, 3.05) is 13.1 Å². The van der Waals surface area contributed by atoms with Crippen LogP contribution in [0.1, 0.15) is 22.3 Å². The molecular formula is C19H19N5O2. The third kappa shape index (κ3) is 3.72. The fourth-order valence-corrected chi connectivity index (χ4v) is 3.05. The molecule has 3 heterocycles. The van der Waals surface area contributed by atoms with Gasteiger partial charge in [0, 0.05) is 49.7 Å². The van der Waals surface area contributed by atoms with Gasteiger partial charge in [-0.2, -0.15) is 0 Å². The molecule has 7 heteroatoms. The fourth-order valence-electron chi connectivity index (χ4n) is 3.05. The van der Waals surface area contributed by atoms with E-state index in [1.54, 1.807) is 24.8 Å². The van der Waals surface area contributed by atoms with Gasteiger partial charge in [0.2, 0.25) is 5.88 Å². The Morgan fingerprint density at radius 2 is 2.04 bits per heavy atom. The maximum Gasteiger partial charge on any atom is 0.253 e. The minimum atomic E-state index is -0.0330. The van der Waals surface area contributed by atoms with Crippen molar-refractivity contribution < 1.29 is 9.53 Å². The zero-order valence-corrected chi connectivity index (χ0v) is 14.2. The Morgan fingerprint density at radius 1 is 1.15 bits per heavy atom. The van der Waals surface area contributed by atoms with Gasteiger partial charge in [-0.15, -0.1) is 0 Å². The summed E-state index contributed by atoms with van der Waals surface area (Å²) in [5, 5.41) is 0. The summed E-state index contributed by atoms with van der Waals surface area (Å²) in [6.45, 7) is 2.00. The lowest BCUT2D eigenvalue weighted by molar-refractivity contribution is 0.0771. The van der Waals surface area contributed by atoms with Crippen LogP contribution < -0.4 is 4.74 Å². The molecule has 1 unspecified atom stereocenters. The number of ether oxygens (including phenoxy) is 1. The molecule has 7 nitrogen and oxygen atoms in total. The molecule has 1 aliphatic rings. The summed E-state index contributed by atoms with van der Waals surface area (Å²) >= 11 is 0. The first-order chi connectivity index (χ1) is 12.8. The SMILES string of the molecule is O=C(c1ccc(Cn2ccnc2)cc1)N1CCC(Oc2ccncn2)C1. The van der Waals surface area contributed by atoms with Crippen LogP contribution in [0.3, 0.4) is 0 Å². The second-order valence-electron chi connectivity index (χ2n) is 6.26. The third-order valence-corrected chi connectivity index (χ3v) is 4.40. The van der Waals surface area contributed by atoms with E-state index in [0.29, 0.717) is 24.5 Å². The Morgan fingerprint density at radius 3 is 2.77 bits per heavy atom. The number of likely N-dealkylation sites (tertiary alicyclic amines) is 1. The van der Waals surface area contributed by atoms with E-state index >= 15 is 0 Å². The van der Waals surface area contributed by atoms with Crippen LogP contribution in [0.2, 0.25) is 0 Å². The lowest BCUT2D eigenvalue weighted by Gasteiger charge is -2.17. The summed E-state index contributed by atoms with van der Waals surface area (Å²) in [5.74, 6) is 0.580. The molecular weight excluding hydrogens is 330 g/mol. The molecule has 1 aromatic carbocycles. The number of carbonyl (C=O) groups is 1. The van der Waals surface area contributed by atoms with Gasteiger partial charge >= 0.3 is 0 Å². The van der Waals surface area contributed by atoms with Gasteiger partial charge in [0.1, 0.15) is 12.4 Å². The van der Waals surface area contributed by atoms with Crippen molar-refractivity contribution in [3.05, 3.63) is 72.7 Å². The molecule has 1 atom stereocenters. The molecule has 1 aliphatic heterocycles. The number of amides is 1. The van der Waals surface area contributed by atoms with Gasteiger partial charge in [0.25, 0.3) is 5.91 Å². The van der Waals surface area contributed by atoms with Gasteiger partial charge in [0.15, 0.2) is 0 Å². The second kappa shape index (κ2) is 7.35. The van der Waals surface area contributed by atoms with Crippen LogP contribution in [0.5, 0.6) is 5.88 Å². The Kier molecular flexibility index (Phi) is 4.59. The lowest BCUT2D eigenvalue weighted by atomic mass is 10.1. The van der Waals surface area contributed by atoms with Gasteiger partial charge < -0.3 is 14.2 Å². The van der Waals surface area contributed by atoms with E-state index in [1.165, 1.54) is 6.33 Å². The molecule has 26 heavy (non-hydrogen) atoms. The van der Waals surface area contributed by atoms with E-state index in [4.69, 9.17) is 4.74 Å². The highest BCUT2D eigenvalue weighted by atomic mass is 16.5. The number of carbonyl (C=O) groups excluding carboxylic acids is 1. The monoisotopic (exact) mass is 349 g/mol. The van der Waals surface area contributed by atoms with Crippen molar-refractivity contribution in [3.63, 3.8) is 0 Å². The zero-order valence-electron chi connectivity index (χ0n) is 14.2. The Hall–Kier alpha value is -3.22. The van der Waals surface area contributed by atoms with E-state index < -0.39 is 0 Å². The van der Waals surface area contributed by atoms with E-state index in [2.05, 4.69) is 15.0 Å². The molecule has 132 valence electrons. The predicted octanol–water partition coefficient (Wildman–Crippen LogP) is 2.01. The van der Waals surface area contributed by atoms with E-state index in [-0.39, 0.29) is 12.0 Å². The van der Waals surface area contributed by atoms with E-state index in [0.717, 1.165) is 18.5 Å². The minimum Gasteiger partial charge on any atom is -0.472 e. The molecule has 1 fully saturated rings. The molecule has 0 N–H and O–H groups in total. The average Bonchev–Trinajstić information content (AvgIpc) is 3.35. The van der Waals surface area contributed by atoms with Crippen molar-refractivity contribution in [1.29, 1.82) is 0 Å². The number of rotatable bonds is 5. The smallest absolute Gasteiger partial charge is 0.253 e. The summed E-state index contributed by atoms with van der Waals surface area (Å²) in [6.07, 6.45) is 9.32. The highest BCUT2D eigenvalue weighted by Crippen LogP contribution is 2.18. The molecule has 1 amide bonds. The second-order valence-corrected chi connectivity index (χ2v) is 6.26. The summed E-state index contributed by atoms with van der Waals surface area (Å²) in [4.78, 5) is 26.5. The summed E-state index contributed by atoms with van der Waals surface area (Å²) in [6, 6.07) is 9.46. The van der Waals surface area contributed by atoms with Gasteiger partial charge in [-0.1, -0.05) is 12.1 Å². The molecule has 3 aromatic rings. The lowest BCUT2D eigenvalue weighted by Crippen LogP contribution is -2.31. The highest BCUT2D eigenvalue weighted by Gasteiger charge is 2.28. The van der Waals surface area contributed by atoms with E-state index in [9.17, 15) is 4.79 Å². The molecule has 2 aromatic heterocycles. The number of aromatic nitrogens is 4. The Labute approximate surface area is 151 Å². The van der Waals surface area contributed by atoms with Crippen LogP contribution in [-0.2, 0) is 6.54 Å². The molecule has 0 aliphatic carbocycles. The van der Waals surface area contributed by atoms with Crippen LogP contribution in [0, 0.1) is 0 Å². The number of nitrogens with zero attached hydrogens (tertiary/aromatic N) is 5. The van der Waals surface area contributed by atoms with Crippen molar-refractivity contribution in [2.24, 2.45) is 0 Å². The summed E-state index contributed by atoms with van der Waals surface area (Å²) < 4.78 is 7.81. The van der Waals surface area contributed by atoms with Gasteiger partial charge in [-0.3, -0.25) is 4.79 Å². The average molecular weight is 349 g/mol. The van der Waals surface area contributed by atoms with Crippen molar-refractivity contribution in [3.8, 4) is 5.88 Å². The van der Waals surface area contributed by atoms with Crippen molar-refractivity contribution in [1.82, 2.24) is 24.4 Å².